The SMILES string of the molecule is CS(=O)(=O)NCCOC(=O)c1ccccc1F. The second kappa shape index (κ2) is 5.74. The van der Waals surface area contributed by atoms with Gasteiger partial charge in [-0.2, -0.15) is 0 Å². The van der Waals surface area contributed by atoms with Crippen molar-refractivity contribution in [3.63, 3.8) is 0 Å². The largest absolute Gasteiger partial charge is 0.461 e. The highest BCUT2D eigenvalue weighted by atomic mass is 32.2. The number of nitrogens with one attached hydrogen (secondary N) is 1. The number of esters is 1. The van der Waals surface area contributed by atoms with E-state index in [0.29, 0.717) is 0 Å². The van der Waals surface area contributed by atoms with E-state index >= 15 is 0 Å². The van der Waals surface area contributed by atoms with Gasteiger partial charge in [-0.15, -0.1) is 0 Å². The van der Waals surface area contributed by atoms with E-state index in [-0.39, 0.29) is 18.7 Å². The highest BCUT2D eigenvalue weighted by molar-refractivity contribution is 7.88. The lowest BCUT2D eigenvalue weighted by Gasteiger charge is -2.05. The molecule has 0 spiro atoms. The standard InChI is InChI=1S/C10H12FNO4S/c1-17(14,15)12-6-7-16-10(13)8-4-2-3-5-9(8)11/h2-5,12H,6-7H2,1H3. The Morgan fingerprint density at radius 2 is 2.06 bits per heavy atom. The van der Waals surface area contributed by atoms with E-state index in [1.165, 1.54) is 18.2 Å². The fourth-order valence-electron chi connectivity index (χ4n) is 1.08. The number of carbonyl (C=O) groups excluding carboxylic acids is 1. The third kappa shape index (κ3) is 4.92. The molecule has 1 N–H and O–H groups in total. The molecular weight excluding hydrogens is 249 g/mol. The number of carbonyl (C=O) groups is 1. The maximum Gasteiger partial charge on any atom is 0.341 e. The lowest BCUT2D eigenvalue weighted by Crippen LogP contribution is -2.27. The van der Waals surface area contributed by atoms with Gasteiger partial charge in [-0.1, -0.05) is 12.1 Å². The highest BCUT2D eigenvalue weighted by Gasteiger charge is 2.11. The first-order valence-corrected chi connectivity index (χ1v) is 6.65. The van der Waals surface area contributed by atoms with E-state index < -0.39 is 21.8 Å². The lowest BCUT2D eigenvalue weighted by molar-refractivity contribution is 0.0508. The van der Waals surface area contributed by atoms with Crippen LogP contribution in [0.2, 0.25) is 0 Å². The number of benzene rings is 1. The van der Waals surface area contributed by atoms with Crippen LogP contribution in [0.4, 0.5) is 4.39 Å². The van der Waals surface area contributed by atoms with Crippen molar-refractivity contribution in [3.8, 4) is 0 Å². The first-order valence-electron chi connectivity index (χ1n) is 4.76. The van der Waals surface area contributed by atoms with Gasteiger partial charge < -0.3 is 4.74 Å². The Morgan fingerprint density at radius 3 is 2.65 bits per heavy atom. The van der Waals surface area contributed by atoms with Crippen molar-refractivity contribution in [1.82, 2.24) is 4.72 Å². The van der Waals surface area contributed by atoms with Crippen molar-refractivity contribution in [2.45, 2.75) is 0 Å². The Kier molecular flexibility index (Phi) is 4.59. The van der Waals surface area contributed by atoms with Crippen molar-refractivity contribution in [3.05, 3.63) is 35.6 Å². The number of hydrogen-bond donors (Lipinski definition) is 1. The second-order valence-electron chi connectivity index (χ2n) is 3.28. The summed E-state index contributed by atoms with van der Waals surface area (Å²) in [6.07, 6.45) is 0.992. The molecule has 1 aromatic rings. The third-order valence-corrected chi connectivity index (χ3v) is 2.52. The Morgan fingerprint density at radius 1 is 1.41 bits per heavy atom. The zero-order valence-corrected chi connectivity index (χ0v) is 9.96. The fraction of sp³-hybridized carbons (Fsp3) is 0.300. The van der Waals surface area contributed by atoms with Gasteiger partial charge in [-0.25, -0.2) is 22.3 Å². The Labute approximate surface area is 98.6 Å². The Bertz CT molecular complexity index is 501. The first kappa shape index (κ1) is 13.6. The Balaban J connectivity index is 2.44. The summed E-state index contributed by atoms with van der Waals surface area (Å²) in [5.41, 5.74) is -0.174. The van der Waals surface area contributed by atoms with Crippen LogP contribution < -0.4 is 4.72 Å². The molecular formula is C10H12FNO4S. The molecule has 0 fully saturated rings. The number of sulfonamides is 1. The van der Waals surface area contributed by atoms with Crippen LogP contribution in [0.3, 0.4) is 0 Å². The molecule has 0 unspecified atom stereocenters. The van der Waals surface area contributed by atoms with E-state index in [1.807, 2.05) is 0 Å². The van der Waals surface area contributed by atoms with Crippen molar-refractivity contribution >= 4 is 16.0 Å². The summed E-state index contributed by atoms with van der Waals surface area (Å²) >= 11 is 0. The fourth-order valence-corrected chi connectivity index (χ4v) is 1.53. The monoisotopic (exact) mass is 261 g/mol. The normalized spacial score (nSPS) is 11.2. The van der Waals surface area contributed by atoms with Gasteiger partial charge in [0.05, 0.1) is 11.8 Å². The maximum atomic E-state index is 13.1. The molecule has 0 heterocycles. The predicted octanol–water partition coefficient (Wildman–Crippen LogP) is 0.532. The van der Waals surface area contributed by atoms with Gasteiger partial charge in [0.25, 0.3) is 0 Å². The molecule has 0 amide bonds. The quantitative estimate of drug-likeness (QED) is 0.620. The second-order valence-corrected chi connectivity index (χ2v) is 5.12. The molecule has 0 aliphatic heterocycles. The Hall–Kier alpha value is -1.47. The average molecular weight is 261 g/mol. The van der Waals surface area contributed by atoms with Crippen LogP contribution in [0.15, 0.2) is 24.3 Å². The minimum atomic E-state index is -3.31. The van der Waals surface area contributed by atoms with Gasteiger partial charge >= 0.3 is 5.97 Å². The van der Waals surface area contributed by atoms with Gasteiger partial charge in [0, 0.05) is 6.54 Å². The van der Waals surface area contributed by atoms with Crippen LogP contribution in [0.25, 0.3) is 0 Å². The van der Waals surface area contributed by atoms with Gasteiger partial charge in [-0.3, -0.25) is 0 Å². The molecule has 1 aromatic carbocycles. The van der Waals surface area contributed by atoms with E-state index in [2.05, 4.69) is 4.72 Å². The minimum Gasteiger partial charge on any atom is -0.461 e. The van der Waals surface area contributed by atoms with Crippen molar-refractivity contribution in [2.75, 3.05) is 19.4 Å². The van der Waals surface area contributed by atoms with Crippen LogP contribution in [-0.2, 0) is 14.8 Å². The summed E-state index contributed by atoms with van der Waals surface area (Å²) in [6.45, 7) is -0.195. The van der Waals surface area contributed by atoms with Crippen LogP contribution in [0.1, 0.15) is 10.4 Å². The molecule has 0 aromatic heterocycles. The molecule has 7 heteroatoms. The zero-order chi connectivity index (χ0) is 12.9. The van der Waals surface area contributed by atoms with E-state index in [9.17, 15) is 17.6 Å². The maximum absolute atomic E-state index is 13.1. The molecule has 0 aliphatic carbocycles. The molecule has 0 saturated heterocycles. The van der Waals surface area contributed by atoms with Gasteiger partial charge in [-0.05, 0) is 12.1 Å². The summed E-state index contributed by atoms with van der Waals surface area (Å²) in [7, 11) is -3.31. The molecule has 0 bridgehead atoms. The number of halogens is 1. The molecule has 0 radical (unpaired) electrons. The van der Waals surface area contributed by atoms with E-state index in [4.69, 9.17) is 4.74 Å². The van der Waals surface area contributed by atoms with Crippen LogP contribution >= 0.6 is 0 Å². The summed E-state index contributed by atoms with van der Waals surface area (Å²) in [5, 5.41) is 0. The van der Waals surface area contributed by atoms with E-state index in [1.54, 1.807) is 0 Å². The molecule has 0 saturated carbocycles. The van der Waals surface area contributed by atoms with Crippen LogP contribution in [-0.4, -0.2) is 33.8 Å². The van der Waals surface area contributed by atoms with Crippen molar-refractivity contribution in [2.24, 2.45) is 0 Å². The summed E-state index contributed by atoms with van der Waals surface area (Å²) in [4.78, 5) is 11.4. The lowest BCUT2D eigenvalue weighted by atomic mass is 10.2. The number of hydrogen-bond acceptors (Lipinski definition) is 4. The van der Waals surface area contributed by atoms with Crippen molar-refractivity contribution < 1.29 is 22.3 Å². The topological polar surface area (TPSA) is 72.5 Å². The van der Waals surface area contributed by atoms with Crippen LogP contribution in [0, 0.1) is 5.82 Å². The smallest absolute Gasteiger partial charge is 0.341 e. The number of ether oxygens (including phenoxy) is 1. The molecule has 94 valence electrons. The minimum absolute atomic E-state index is 0.0426. The summed E-state index contributed by atoms with van der Waals surface area (Å²) in [5.74, 6) is -1.49. The number of rotatable bonds is 5. The predicted molar refractivity (Wildman–Crippen MR) is 59.5 cm³/mol. The average Bonchev–Trinajstić information content (AvgIpc) is 2.23. The van der Waals surface area contributed by atoms with Gasteiger partial charge in [0.1, 0.15) is 12.4 Å². The molecule has 0 aliphatic rings. The van der Waals surface area contributed by atoms with E-state index in [0.717, 1.165) is 12.3 Å². The first-order chi connectivity index (χ1) is 7.90. The molecule has 17 heavy (non-hydrogen) atoms. The molecule has 5 nitrogen and oxygen atoms in total. The zero-order valence-electron chi connectivity index (χ0n) is 9.14. The highest BCUT2D eigenvalue weighted by Crippen LogP contribution is 2.07. The van der Waals surface area contributed by atoms with Gasteiger partial charge in [0.15, 0.2) is 0 Å². The molecule has 1 rings (SSSR count). The van der Waals surface area contributed by atoms with Crippen molar-refractivity contribution in [1.29, 1.82) is 0 Å². The summed E-state index contributed by atoms with van der Waals surface area (Å²) < 4.78 is 41.3. The summed E-state index contributed by atoms with van der Waals surface area (Å²) in [6, 6.07) is 5.40. The van der Waals surface area contributed by atoms with Gasteiger partial charge in [0.2, 0.25) is 10.0 Å². The molecule has 0 atom stereocenters. The third-order valence-electron chi connectivity index (χ3n) is 1.79. The van der Waals surface area contributed by atoms with Crippen LogP contribution in [0.5, 0.6) is 0 Å².